The summed E-state index contributed by atoms with van der Waals surface area (Å²) in [6.45, 7) is 0. The third kappa shape index (κ3) is 2.28. The summed E-state index contributed by atoms with van der Waals surface area (Å²) in [7, 11) is 0. The number of anilines is 1. The SMILES string of the molecule is Nc1cc([N+](=O)[O-])ccc1Sc1nncs1. The minimum Gasteiger partial charge on any atom is -0.398 e. The molecule has 0 atom stereocenters. The molecule has 16 heavy (non-hydrogen) atoms. The molecule has 0 aliphatic rings. The van der Waals surface area contributed by atoms with Gasteiger partial charge in [-0.2, -0.15) is 0 Å². The predicted molar refractivity (Wildman–Crippen MR) is 61.5 cm³/mol. The summed E-state index contributed by atoms with van der Waals surface area (Å²) in [5.41, 5.74) is 7.68. The van der Waals surface area contributed by atoms with Crippen LogP contribution in [0.15, 0.2) is 32.9 Å². The first-order valence-electron chi connectivity index (χ1n) is 4.15. The van der Waals surface area contributed by atoms with E-state index in [2.05, 4.69) is 10.2 Å². The van der Waals surface area contributed by atoms with Crippen LogP contribution in [0.5, 0.6) is 0 Å². The van der Waals surface area contributed by atoms with Crippen molar-refractivity contribution in [1.82, 2.24) is 10.2 Å². The first-order chi connectivity index (χ1) is 7.66. The number of hydrogen-bond acceptors (Lipinski definition) is 7. The summed E-state index contributed by atoms with van der Waals surface area (Å²) in [5.74, 6) is 0. The minimum atomic E-state index is -0.476. The average Bonchev–Trinajstić information content (AvgIpc) is 2.73. The number of nitrogen functional groups attached to an aromatic ring is 1. The van der Waals surface area contributed by atoms with Gasteiger partial charge in [0.15, 0.2) is 4.34 Å². The molecule has 0 radical (unpaired) electrons. The predicted octanol–water partition coefficient (Wildman–Crippen LogP) is 2.18. The molecule has 0 saturated carbocycles. The number of rotatable bonds is 3. The highest BCUT2D eigenvalue weighted by Crippen LogP contribution is 2.34. The first kappa shape index (κ1) is 10.8. The minimum absolute atomic E-state index is 0.0147. The molecule has 2 rings (SSSR count). The van der Waals surface area contributed by atoms with Crippen molar-refractivity contribution in [2.24, 2.45) is 0 Å². The summed E-state index contributed by atoms with van der Waals surface area (Å²) < 4.78 is 0.751. The second-order valence-electron chi connectivity index (χ2n) is 2.79. The average molecular weight is 254 g/mol. The van der Waals surface area contributed by atoms with E-state index in [0.717, 1.165) is 9.24 Å². The molecule has 6 nitrogen and oxygen atoms in total. The maximum Gasteiger partial charge on any atom is 0.271 e. The molecular formula is C8H6N4O2S2. The molecule has 0 aliphatic heterocycles. The van der Waals surface area contributed by atoms with Crippen molar-refractivity contribution >= 4 is 34.5 Å². The van der Waals surface area contributed by atoms with Gasteiger partial charge < -0.3 is 5.73 Å². The van der Waals surface area contributed by atoms with E-state index in [1.807, 2.05) is 0 Å². The van der Waals surface area contributed by atoms with Crippen LogP contribution in [-0.2, 0) is 0 Å². The lowest BCUT2D eigenvalue weighted by Crippen LogP contribution is -1.93. The third-order valence-electron chi connectivity index (χ3n) is 1.74. The summed E-state index contributed by atoms with van der Waals surface area (Å²) in [5, 5.41) is 18.0. The number of aromatic nitrogens is 2. The van der Waals surface area contributed by atoms with Crippen molar-refractivity contribution in [3.05, 3.63) is 33.8 Å². The fourth-order valence-electron chi connectivity index (χ4n) is 1.04. The Hall–Kier alpha value is -1.67. The number of nitrogens with zero attached hydrogens (tertiary/aromatic N) is 3. The maximum atomic E-state index is 10.5. The van der Waals surface area contributed by atoms with Gasteiger partial charge in [0.25, 0.3) is 5.69 Å². The van der Waals surface area contributed by atoms with Crippen molar-refractivity contribution < 1.29 is 4.92 Å². The van der Waals surface area contributed by atoms with Crippen LogP contribution < -0.4 is 5.73 Å². The van der Waals surface area contributed by atoms with Gasteiger partial charge in [0, 0.05) is 17.0 Å². The number of benzene rings is 1. The molecule has 2 aromatic rings. The van der Waals surface area contributed by atoms with E-state index in [9.17, 15) is 10.1 Å². The number of non-ortho nitro benzene ring substituents is 1. The molecule has 1 aromatic heterocycles. The number of nitro groups is 1. The molecule has 0 spiro atoms. The van der Waals surface area contributed by atoms with E-state index >= 15 is 0 Å². The second kappa shape index (κ2) is 4.45. The van der Waals surface area contributed by atoms with Gasteiger partial charge >= 0.3 is 0 Å². The Balaban J connectivity index is 2.26. The van der Waals surface area contributed by atoms with E-state index in [-0.39, 0.29) is 5.69 Å². The van der Waals surface area contributed by atoms with Gasteiger partial charge in [0.05, 0.1) is 10.6 Å². The van der Waals surface area contributed by atoms with Crippen LogP contribution in [0.3, 0.4) is 0 Å². The highest BCUT2D eigenvalue weighted by Gasteiger charge is 2.10. The smallest absolute Gasteiger partial charge is 0.271 e. The van der Waals surface area contributed by atoms with Crippen LogP contribution in [0.1, 0.15) is 0 Å². The van der Waals surface area contributed by atoms with Crippen LogP contribution in [0.2, 0.25) is 0 Å². The Morgan fingerprint density at radius 2 is 2.31 bits per heavy atom. The van der Waals surface area contributed by atoms with Gasteiger partial charge in [-0.1, -0.05) is 23.1 Å². The Morgan fingerprint density at radius 1 is 1.50 bits per heavy atom. The number of nitrogens with two attached hydrogens (primary N) is 1. The third-order valence-corrected chi connectivity index (χ3v) is 3.61. The van der Waals surface area contributed by atoms with Crippen LogP contribution in [0.4, 0.5) is 11.4 Å². The molecule has 0 unspecified atom stereocenters. The second-order valence-corrected chi connectivity index (χ2v) is 4.91. The molecule has 1 heterocycles. The van der Waals surface area contributed by atoms with Crippen molar-refractivity contribution in [3.8, 4) is 0 Å². The van der Waals surface area contributed by atoms with E-state index in [0.29, 0.717) is 5.69 Å². The summed E-state index contributed by atoms with van der Waals surface area (Å²) >= 11 is 2.73. The lowest BCUT2D eigenvalue weighted by atomic mass is 10.3. The first-order valence-corrected chi connectivity index (χ1v) is 5.84. The highest BCUT2D eigenvalue weighted by atomic mass is 32.2. The Kier molecular flexibility index (Phi) is 3.02. The molecule has 8 heteroatoms. The van der Waals surface area contributed by atoms with Crippen LogP contribution in [0, 0.1) is 10.1 Å². The van der Waals surface area contributed by atoms with Gasteiger partial charge in [-0.25, -0.2) is 0 Å². The van der Waals surface area contributed by atoms with Gasteiger partial charge in [-0.3, -0.25) is 10.1 Å². The van der Waals surface area contributed by atoms with Crippen molar-refractivity contribution in [3.63, 3.8) is 0 Å². The monoisotopic (exact) mass is 254 g/mol. The summed E-state index contributed by atoms with van der Waals surface area (Å²) in [4.78, 5) is 10.8. The zero-order chi connectivity index (χ0) is 11.5. The van der Waals surface area contributed by atoms with Crippen LogP contribution >= 0.6 is 23.1 Å². The van der Waals surface area contributed by atoms with Gasteiger partial charge in [0.1, 0.15) is 5.51 Å². The molecule has 0 saturated heterocycles. The number of nitro benzene ring substituents is 1. The summed E-state index contributed by atoms with van der Waals surface area (Å²) in [6.07, 6.45) is 0. The molecule has 1 aromatic carbocycles. The molecule has 0 aliphatic carbocycles. The van der Waals surface area contributed by atoms with Crippen molar-refractivity contribution in [2.75, 3.05) is 5.73 Å². The fraction of sp³-hybridized carbons (Fsp3) is 0. The van der Waals surface area contributed by atoms with E-state index < -0.39 is 4.92 Å². The van der Waals surface area contributed by atoms with Crippen LogP contribution in [-0.4, -0.2) is 15.1 Å². The van der Waals surface area contributed by atoms with Gasteiger partial charge in [-0.05, 0) is 6.07 Å². The van der Waals surface area contributed by atoms with Crippen molar-refractivity contribution in [2.45, 2.75) is 9.24 Å². The van der Waals surface area contributed by atoms with Crippen molar-refractivity contribution in [1.29, 1.82) is 0 Å². The number of hydrogen-bond donors (Lipinski definition) is 1. The Bertz CT molecular complexity index is 515. The molecule has 0 fully saturated rings. The van der Waals surface area contributed by atoms with Crippen LogP contribution in [0.25, 0.3) is 0 Å². The molecular weight excluding hydrogens is 248 g/mol. The largest absolute Gasteiger partial charge is 0.398 e. The zero-order valence-electron chi connectivity index (χ0n) is 7.86. The lowest BCUT2D eigenvalue weighted by Gasteiger charge is -2.01. The van der Waals surface area contributed by atoms with E-state index in [1.54, 1.807) is 11.6 Å². The van der Waals surface area contributed by atoms with Gasteiger partial charge in [-0.15, -0.1) is 10.2 Å². The standard InChI is InChI=1S/C8H6N4O2S2/c9-6-3-5(12(13)14)1-2-7(6)16-8-11-10-4-15-8/h1-4H,9H2. The summed E-state index contributed by atoms with van der Waals surface area (Å²) in [6, 6.07) is 4.36. The molecule has 82 valence electrons. The molecule has 2 N–H and O–H groups in total. The molecule has 0 amide bonds. The normalized spacial score (nSPS) is 10.2. The van der Waals surface area contributed by atoms with E-state index in [1.165, 1.54) is 35.2 Å². The Morgan fingerprint density at radius 3 is 2.88 bits per heavy atom. The maximum absolute atomic E-state index is 10.5. The zero-order valence-corrected chi connectivity index (χ0v) is 9.49. The highest BCUT2D eigenvalue weighted by molar-refractivity contribution is 8.01. The Labute approximate surface area is 98.7 Å². The van der Waals surface area contributed by atoms with E-state index in [4.69, 9.17) is 5.73 Å². The van der Waals surface area contributed by atoms with Gasteiger partial charge in [0.2, 0.25) is 0 Å². The lowest BCUT2D eigenvalue weighted by molar-refractivity contribution is -0.384. The fourth-order valence-corrected chi connectivity index (χ4v) is 2.50. The topological polar surface area (TPSA) is 94.9 Å². The quantitative estimate of drug-likeness (QED) is 0.512. The molecule has 0 bridgehead atoms.